The number of ether oxygens (including phenoxy) is 3. The lowest BCUT2D eigenvalue weighted by Gasteiger charge is -2.57. The zero-order valence-corrected chi connectivity index (χ0v) is 57.1. The summed E-state index contributed by atoms with van der Waals surface area (Å²) in [6.07, 6.45) is -4.58. The molecule has 0 radical (unpaired) electrons. The highest BCUT2D eigenvalue weighted by Gasteiger charge is 2.51. The van der Waals surface area contributed by atoms with E-state index in [4.69, 9.17) is 14.2 Å². The maximum atomic E-state index is 13.7. The first kappa shape index (κ1) is 73.3. The molecule has 4 aliphatic carbocycles. The monoisotopic (exact) mass is 1430 g/mol. The number of halogens is 9. The molecule has 6 N–H and O–H groups in total. The molecule has 0 aliphatic heterocycles. The molecule has 4 saturated carbocycles. The van der Waals surface area contributed by atoms with Gasteiger partial charge in [-0.15, -0.1) is 0 Å². The number of nitro benzene ring substituents is 1. The van der Waals surface area contributed by atoms with Crippen molar-refractivity contribution in [1.29, 1.82) is 0 Å². The standard InChI is InChI=1S/C24H30F3N4OP.C22H24F3N4O4P.C19H17F3N5O3P/c1-33(2,32)19-5-3-18(4-6-19)30-22-28-13-20(24(25,26)27)21(31-22)29-14-23-10-15-7-16(11-23)9-17(8-15)12-23;1-31-17-10-14(11-18(32-2)19(17)33-3)27-20-16(22(23,24)25)12-26-21(29-20)28-13-6-8-15(9-7-13)34(4,5)30;1-31(2,30)15-9-5-13(6-10-15)25-18-23-11-16(19(20,21)22)17(26-18)24-12-3-7-14(8-4-12)27(28)29/h3-6,13,15-17H,7-12,14H2,1-2H3,(H2,28,29,30,31);6-12H,1-5H3,(H2,26,27,28,29);3-11H,1-2H3,(H2,23,24,25,26). The Bertz CT molecular complexity index is 4250. The second kappa shape index (κ2) is 29.2. The van der Waals surface area contributed by atoms with Crippen LogP contribution in [0, 0.1) is 33.3 Å². The van der Waals surface area contributed by atoms with Crippen LogP contribution in [-0.4, -0.2) is 103 Å². The first-order valence-electron chi connectivity index (χ1n) is 30.3. The van der Waals surface area contributed by atoms with E-state index in [1.165, 1.54) is 64.9 Å². The number of nitro groups is 1. The van der Waals surface area contributed by atoms with E-state index in [1.54, 1.807) is 113 Å². The third-order valence-corrected chi connectivity index (χ3v) is 21.2. The predicted molar refractivity (Wildman–Crippen MR) is 362 cm³/mol. The number of hydrogen-bond donors (Lipinski definition) is 6. The number of hydrogen-bond acceptors (Lipinski definition) is 20. The Kier molecular flexibility index (Phi) is 21.8. The number of nitrogens with zero attached hydrogens (tertiary/aromatic N) is 7. The summed E-state index contributed by atoms with van der Waals surface area (Å²) in [5, 5.41) is 29.7. The first-order valence-corrected chi connectivity index (χ1v) is 38.1. The number of anilines is 11. The zero-order valence-electron chi connectivity index (χ0n) is 54.4. The molecule has 0 unspecified atom stereocenters. The van der Waals surface area contributed by atoms with Crippen molar-refractivity contribution >= 4 is 107 Å². The quantitative estimate of drug-likeness (QED) is 0.0179. The average Bonchev–Trinajstić information content (AvgIpc) is 0.753. The van der Waals surface area contributed by atoms with Gasteiger partial charge in [0, 0.05) is 93.8 Å². The van der Waals surface area contributed by atoms with Gasteiger partial charge in [-0.2, -0.15) is 54.5 Å². The average molecular weight is 1430 g/mol. The fraction of sp³-hybridized carbons (Fsp3) is 0.354. The molecule has 21 nitrogen and oxygen atoms in total. The number of benzene rings is 5. The van der Waals surface area contributed by atoms with Gasteiger partial charge in [0.15, 0.2) is 11.5 Å². The molecule has 0 spiro atoms. The van der Waals surface area contributed by atoms with Crippen molar-refractivity contribution in [3.05, 3.63) is 155 Å². The summed E-state index contributed by atoms with van der Waals surface area (Å²) in [4.78, 5) is 33.7. The van der Waals surface area contributed by atoms with E-state index in [0.717, 1.165) is 60.7 Å². The number of methoxy groups -OCH3 is 3. The van der Waals surface area contributed by atoms with Crippen LogP contribution in [0.4, 0.5) is 109 Å². The number of non-ortho nitro benzene ring substituents is 1. The normalized spacial score (nSPS) is 17.4. The van der Waals surface area contributed by atoms with Crippen molar-refractivity contribution in [1.82, 2.24) is 29.9 Å². The molecule has 0 atom stereocenters. The summed E-state index contributed by atoms with van der Waals surface area (Å²) in [6.45, 7) is 10.5. The molecular formula is C65H71F9N13O8P3. The number of rotatable bonds is 20. The summed E-state index contributed by atoms with van der Waals surface area (Å²) >= 11 is 0. The maximum Gasteiger partial charge on any atom is 0.421 e. The Labute approximate surface area is 558 Å². The molecule has 4 bridgehead atoms. The van der Waals surface area contributed by atoms with Gasteiger partial charge < -0.3 is 59.8 Å². The fourth-order valence-corrected chi connectivity index (χ4v) is 14.8. The Morgan fingerprint density at radius 1 is 0.469 bits per heavy atom. The SMILES string of the molecule is COc1cc(Nc2nc(Nc3ccc(P(C)(C)=O)cc3)ncc2C(F)(F)F)cc(OC)c1OC.CP(C)(=O)c1ccc(Nc2ncc(C(F)(F)F)c(NCC34CC5CC(CC(C5)C3)C4)n2)cc1.CP(C)(=O)c1ccc(Nc2ncc(C(F)(F)F)c(Nc3ccc([N+](=O)[O-])cc3)n2)cc1. The maximum absolute atomic E-state index is 13.7. The smallest absolute Gasteiger partial charge is 0.421 e. The third kappa shape index (κ3) is 18.8. The van der Waals surface area contributed by atoms with Crippen LogP contribution in [0.15, 0.2) is 128 Å². The van der Waals surface area contributed by atoms with Gasteiger partial charge in [0.05, 0.1) is 26.3 Å². The molecule has 12 rings (SSSR count). The van der Waals surface area contributed by atoms with Gasteiger partial charge in [-0.3, -0.25) is 10.1 Å². The minimum Gasteiger partial charge on any atom is -0.493 e. The van der Waals surface area contributed by atoms with Gasteiger partial charge in [0.25, 0.3) is 5.69 Å². The molecule has 4 aliphatic rings. The Balaban J connectivity index is 0.000000172. The Morgan fingerprint density at radius 2 is 0.776 bits per heavy atom. The number of nitrogens with one attached hydrogen (secondary N) is 6. The van der Waals surface area contributed by atoms with Crippen LogP contribution in [-0.2, 0) is 32.2 Å². The van der Waals surface area contributed by atoms with Gasteiger partial charge in [-0.1, -0.05) is 0 Å². The highest BCUT2D eigenvalue weighted by Crippen LogP contribution is 2.60. The van der Waals surface area contributed by atoms with Crippen molar-refractivity contribution in [3.8, 4) is 17.2 Å². The van der Waals surface area contributed by atoms with E-state index in [1.807, 2.05) is 0 Å². The highest BCUT2D eigenvalue weighted by atomic mass is 31.2. The van der Waals surface area contributed by atoms with Gasteiger partial charge in [-0.05, 0) is 187 Å². The third-order valence-electron chi connectivity index (χ3n) is 16.6. The van der Waals surface area contributed by atoms with E-state index in [2.05, 4.69) is 61.8 Å². The van der Waals surface area contributed by atoms with Crippen molar-refractivity contribution in [2.24, 2.45) is 23.2 Å². The van der Waals surface area contributed by atoms with Crippen LogP contribution in [0.25, 0.3) is 0 Å². The van der Waals surface area contributed by atoms with E-state index in [0.29, 0.717) is 52.4 Å². The fourth-order valence-electron chi connectivity index (χ4n) is 12.2. The predicted octanol–water partition coefficient (Wildman–Crippen LogP) is 16.5. The van der Waals surface area contributed by atoms with E-state index in [-0.39, 0.29) is 57.6 Å². The number of aromatic nitrogens is 6. The first-order chi connectivity index (χ1) is 45.9. The molecule has 3 aromatic heterocycles. The summed E-state index contributed by atoms with van der Waals surface area (Å²) in [5.41, 5.74) is -1.04. The Hall–Kier alpha value is -9.00. The van der Waals surface area contributed by atoms with Gasteiger partial charge >= 0.3 is 18.5 Å². The van der Waals surface area contributed by atoms with Crippen LogP contribution >= 0.6 is 21.4 Å². The van der Waals surface area contributed by atoms with Crippen molar-refractivity contribution in [2.75, 3.05) is 99.8 Å². The summed E-state index contributed by atoms with van der Waals surface area (Å²) in [7, 11) is -3.04. The lowest BCUT2D eigenvalue weighted by Crippen LogP contribution is -2.49. The molecule has 33 heteroatoms. The van der Waals surface area contributed by atoms with E-state index in [9.17, 15) is 63.3 Å². The minimum atomic E-state index is -4.72. The summed E-state index contributed by atoms with van der Waals surface area (Å²) in [5.74, 6) is 1.79. The van der Waals surface area contributed by atoms with Gasteiger partial charge in [0.1, 0.15) is 55.6 Å². The van der Waals surface area contributed by atoms with Crippen LogP contribution in [0.1, 0.15) is 55.2 Å². The van der Waals surface area contributed by atoms with Crippen LogP contribution in [0.3, 0.4) is 0 Å². The molecule has 0 saturated heterocycles. The molecule has 0 amide bonds. The molecule has 98 heavy (non-hydrogen) atoms. The molecule has 522 valence electrons. The molecule has 8 aromatic rings. The highest BCUT2D eigenvalue weighted by molar-refractivity contribution is 7.70. The summed E-state index contributed by atoms with van der Waals surface area (Å²) < 4.78 is 174. The van der Waals surface area contributed by atoms with Crippen molar-refractivity contribution in [2.45, 2.75) is 57.1 Å². The van der Waals surface area contributed by atoms with E-state index >= 15 is 0 Å². The largest absolute Gasteiger partial charge is 0.493 e. The lowest BCUT2D eigenvalue weighted by atomic mass is 9.49. The second-order valence-corrected chi connectivity index (χ2v) is 34.8. The zero-order chi connectivity index (χ0) is 71.3. The molecule has 3 heterocycles. The van der Waals surface area contributed by atoms with E-state index < -0.39 is 73.2 Å². The molecule has 5 aromatic carbocycles. The lowest BCUT2D eigenvalue weighted by molar-refractivity contribution is -0.384. The molecule has 4 fully saturated rings. The topological polar surface area (TPSA) is 272 Å². The van der Waals surface area contributed by atoms with Gasteiger partial charge in [0.2, 0.25) is 23.6 Å². The van der Waals surface area contributed by atoms with Crippen molar-refractivity contribution < 1.29 is 72.3 Å². The minimum absolute atomic E-state index is 0.0631. The van der Waals surface area contributed by atoms with Crippen molar-refractivity contribution in [3.63, 3.8) is 0 Å². The number of alkyl halides is 9. The second-order valence-electron chi connectivity index (χ2n) is 25.2. The van der Waals surface area contributed by atoms with Crippen LogP contribution < -0.4 is 62.0 Å². The Morgan fingerprint density at radius 3 is 1.08 bits per heavy atom. The molecular weight excluding hydrogens is 1350 g/mol. The van der Waals surface area contributed by atoms with Crippen LogP contribution in [0.5, 0.6) is 17.2 Å². The van der Waals surface area contributed by atoms with Crippen LogP contribution in [0.2, 0.25) is 0 Å². The summed E-state index contributed by atoms with van der Waals surface area (Å²) in [6, 6.07) is 28.0. The van der Waals surface area contributed by atoms with Gasteiger partial charge in [-0.25, -0.2) is 15.0 Å².